The third-order valence-corrected chi connectivity index (χ3v) is 4.70. The fourth-order valence-corrected chi connectivity index (χ4v) is 3.67. The molecule has 26 heavy (non-hydrogen) atoms. The van der Waals surface area contributed by atoms with Crippen LogP contribution in [0.2, 0.25) is 0 Å². The van der Waals surface area contributed by atoms with E-state index in [9.17, 15) is 14.4 Å². The number of rotatable bonds is 3. The van der Waals surface area contributed by atoms with E-state index >= 15 is 0 Å². The van der Waals surface area contributed by atoms with Crippen LogP contribution >= 0.6 is 0 Å². The molecule has 2 aliphatic heterocycles. The van der Waals surface area contributed by atoms with Crippen LogP contribution in [0.25, 0.3) is 0 Å². The summed E-state index contributed by atoms with van der Waals surface area (Å²) in [5.41, 5.74) is 1.42. The van der Waals surface area contributed by atoms with Gasteiger partial charge in [0.1, 0.15) is 0 Å². The van der Waals surface area contributed by atoms with Crippen molar-refractivity contribution in [1.29, 1.82) is 0 Å². The lowest BCUT2D eigenvalue weighted by atomic mass is 10.1. The maximum absolute atomic E-state index is 12.8. The van der Waals surface area contributed by atoms with E-state index in [0.29, 0.717) is 25.3 Å². The molecule has 2 aliphatic rings. The van der Waals surface area contributed by atoms with Crippen molar-refractivity contribution in [2.45, 2.75) is 39.4 Å². The Morgan fingerprint density at radius 2 is 1.69 bits per heavy atom. The standard InChI is InChI=1S/C19H25N3O4/c1-12-9-21(10-13(2)26-12)19(25)15-8-18(24)22(11-15)17-6-4-16(5-7-17)20-14(3)23/h4-7,12-13,15H,8-11H2,1-3H3,(H,20,23)/t12-,13+,15-/m1/s1. The highest BCUT2D eigenvalue weighted by Crippen LogP contribution is 2.28. The Kier molecular flexibility index (Phi) is 5.27. The number of hydrogen-bond donors (Lipinski definition) is 1. The van der Waals surface area contributed by atoms with Crippen molar-refractivity contribution >= 4 is 29.1 Å². The summed E-state index contributed by atoms with van der Waals surface area (Å²) in [5.74, 6) is -0.493. The quantitative estimate of drug-likeness (QED) is 0.890. The maximum atomic E-state index is 12.8. The summed E-state index contributed by atoms with van der Waals surface area (Å²) in [6.45, 7) is 6.88. The molecule has 3 rings (SSSR count). The van der Waals surface area contributed by atoms with Crippen LogP contribution in [0.15, 0.2) is 24.3 Å². The molecule has 7 heteroatoms. The van der Waals surface area contributed by atoms with Crippen molar-refractivity contribution in [3.05, 3.63) is 24.3 Å². The van der Waals surface area contributed by atoms with Gasteiger partial charge in [0.05, 0.1) is 18.1 Å². The van der Waals surface area contributed by atoms with Gasteiger partial charge in [-0.25, -0.2) is 0 Å². The SMILES string of the molecule is CC(=O)Nc1ccc(N2C[C@H](C(=O)N3C[C@@H](C)O[C@@H](C)C3)CC2=O)cc1. The first-order valence-electron chi connectivity index (χ1n) is 8.95. The van der Waals surface area contributed by atoms with E-state index in [4.69, 9.17) is 4.74 Å². The van der Waals surface area contributed by atoms with Gasteiger partial charge < -0.3 is 19.9 Å². The second-order valence-electron chi connectivity index (χ2n) is 7.13. The van der Waals surface area contributed by atoms with Crippen molar-refractivity contribution in [3.8, 4) is 0 Å². The minimum atomic E-state index is -0.324. The number of carbonyl (C=O) groups excluding carboxylic acids is 3. The number of morpholine rings is 1. The number of hydrogen-bond acceptors (Lipinski definition) is 4. The number of anilines is 2. The molecule has 2 saturated heterocycles. The molecule has 0 unspecified atom stereocenters. The van der Waals surface area contributed by atoms with Gasteiger partial charge in [0.25, 0.3) is 0 Å². The molecule has 0 spiro atoms. The predicted octanol–water partition coefficient (Wildman–Crippen LogP) is 1.63. The van der Waals surface area contributed by atoms with E-state index in [1.54, 1.807) is 29.2 Å². The van der Waals surface area contributed by atoms with Gasteiger partial charge >= 0.3 is 0 Å². The summed E-state index contributed by atoms with van der Waals surface area (Å²) in [6, 6.07) is 7.08. The lowest BCUT2D eigenvalue weighted by molar-refractivity contribution is -0.147. The number of carbonyl (C=O) groups is 3. The van der Waals surface area contributed by atoms with Crippen LogP contribution in [0, 0.1) is 5.92 Å². The Labute approximate surface area is 153 Å². The zero-order chi connectivity index (χ0) is 18.8. The van der Waals surface area contributed by atoms with Gasteiger partial charge in [-0.15, -0.1) is 0 Å². The largest absolute Gasteiger partial charge is 0.372 e. The highest BCUT2D eigenvalue weighted by Gasteiger charge is 2.38. The second-order valence-corrected chi connectivity index (χ2v) is 7.13. The molecule has 1 N–H and O–H groups in total. The fourth-order valence-electron chi connectivity index (χ4n) is 3.67. The molecule has 140 valence electrons. The van der Waals surface area contributed by atoms with Gasteiger partial charge in [-0.05, 0) is 38.1 Å². The average Bonchev–Trinajstić information content (AvgIpc) is 2.95. The first-order valence-corrected chi connectivity index (χ1v) is 8.95. The zero-order valence-corrected chi connectivity index (χ0v) is 15.4. The van der Waals surface area contributed by atoms with Crippen molar-refractivity contribution < 1.29 is 19.1 Å². The molecule has 0 aliphatic carbocycles. The first-order chi connectivity index (χ1) is 12.3. The highest BCUT2D eigenvalue weighted by molar-refractivity contribution is 6.00. The lowest BCUT2D eigenvalue weighted by Gasteiger charge is -2.36. The summed E-state index contributed by atoms with van der Waals surface area (Å²) in [6.07, 6.45) is 0.251. The topological polar surface area (TPSA) is 79.0 Å². The molecule has 0 saturated carbocycles. The van der Waals surface area contributed by atoms with Crippen molar-refractivity contribution in [2.24, 2.45) is 5.92 Å². The first kappa shape index (κ1) is 18.4. The van der Waals surface area contributed by atoms with Crippen LogP contribution in [-0.2, 0) is 19.1 Å². The molecule has 2 fully saturated rings. The van der Waals surface area contributed by atoms with Crippen LogP contribution < -0.4 is 10.2 Å². The smallest absolute Gasteiger partial charge is 0.228 e. The highest BCUT2D eigenvalue weighted by atomic mass is 16.5. The van der Waals surface area contributed by atoms with Gasteiger partial charge in [0, 0.05) is 44.4 Å². The summed E-state index contributed by atoms with van der Waals surface area (Å²) >= 11 is 0. The Hall–Kier alpha value is -2.41. The van der Waals surface area contributed by atoms with E-state index in [0.717, 1.165) is 5.69 Å². The number of benzene rings is 1. The third kappa shape index (κ3) is 4.04. The van der Waals surface area contributed by atoms with E-state index < -0.39 is 0 Å². The average molecular weight is 359 g/mol. The van der Waals surface area contributed by atoms with Gasteiger partial charge in [-0.1, -0.05) is 0 Å². The predicted molar refractivity (Wildman–Crippen MR) is 97.8 cm³/mol. The summed E-state index contributed by atoms with van der Waals surface area (Å²) in [5, 5.41) is 2.70. The van der Waals surface area contributed by atoms with Crippen molar-refractivity contribution in [1.82, 2.24) is 4.90 Å². The number of amides is 3. The van der Waals surface area contributed by atoms with Gasteiger partial charge in [0.2, 0.25) is 17.7 Å². The number of ether oxygens (including phenoxy) is 1. The number of nitrogens with zero attached hydrogens (tertiary/aromatic N) is 2. The Balaban J connectivity index is 1.66. The van der Waals surface area contributed by atoms with Crippen LogP contribution in [0.1, 0.15) is 27.2 Å². The van der Waals surface area contributed by atoms with E-state index in [2.05, 4.69) is 5.32 Å². The minimum Gasteiger partial charge on any atom is -0.372 e. The maximum Gasteiger partial charge on any atom is 0.228 e. The van der Waals surface area contributed by atoms with Crippen LogP contribution in [0.4, 0.5) is 11.4 Å². The molecule has 3 atom stereocenters. The second kappa shape index (κ2) is 7.45. The van der Waals surface area contributed by atoms with Crippen molar-refractivity contribution in [2.75, 3.05) is 29.9 Å². The van der Waals surface area contributed by atoms with Crippen LogP contribution in [0.5, 0.6) is 0 Å². The normalized spacial score (nSPS) is 26.1. The molecule has 0 bridgehead atoms. The zero-order valence-electron chi connectivity index (χ0n) is 15.4. The van der Waals surface area contributed by atoms with E-state index in [-0.39, 0.29) is 42.3 Å². The molecule has 2 heterocycles. The van der Waals surface area contributed by atoms with Gasteiger partial charge in [0.15, 0.2) is 0 Å². The molecule has 1 aromatic rings. The molecule has 7 nitrogen and oxygen atoms in total. The minimum absolute atomic E-state index is 0.0113. The molecule has 3 amide bonds. The Morgan fingerprint density at radius 3 is 2.27 bits per heavy atom. The molecule has 0 aromatic heterocycles. The van der Waals surface area contributed by atoms with Gasteiger partial charge in [-0.3, -0.25) is 14.4 Å². The molecule has 0 radical (unpaired) electrons. The fraction of sp³-hybridized carbons (Fsp3) is 0.526. The summed E-state index contributed by atoms with van der Waals surface area (Å²) in [7, 11) is 0. The Morgan fingerprint density at radius 1 is 1.08 bits per heavy atom. The summed E-state index contributed by atoms with van der Waals surface area (Å²) < 4.78 is 5.68. The molecular weight excluding hydrogens is 334 g/mol. The number of nitrogens with one attached hydrogen (secondary N) is 1. The van der Waals surface area contributed by atoms with Crippen molar-refractivity contribution in [3.63, 3.8) is 0 Å². The summed E-state index contributed by atoms with van der Waals surface area (Å²) in [4.78, 5) is 39.8. The van der Waals surface area contributed by atoms with E-state index in [1.807, 2.05) is 18.7 Å². The van der Waals surface area contributed by atoms with Crippen LogP contribution in [-0.4, -0.2) is 54.5 Å². The molecular formula is C19H25N3O4. The molecule has 1 aromatic carbocycles. The van der Waals surface area contributed by atoms with Gasteiger partial charge in [-0.2, -0.15) is 0 Å². The monoisotopic (exact) mass is 359 g/mol. The van der Waals surface area contributed by atoms with E-state index in [1.165, 1.54) is 6.92 Å². The Bertz CT molecular complexity index is 693. The third-order valence-electron chi connectivity index (χ3n) is 4.70. The van der Waals surface area contributed by atoms with Crippen LogP contribution in [0.3, 0.4) is 0 Å². The lowest BCUT2D eigenvalue weighted by Crippen LogP contribution is -2.50.